The van der Waals surface area contributed by atoms with Crippen LogP contribution in [0.2, 0.25) is 0 Å². The van der Waals surface area contributed by atoms with Gasteiger partial charge in [-0.3, -0.25) is 0 Å². The molecule has 3 N–H and O–H groups in total. The van der Waals surface area contributed by atoms with E-state index in [2.05, 4.69) is 26.3 Å². The van der Waals surface area contributed by atoms with Crippen molar-refractivity contribution < 1.29 is 9.18 Å². The molecule has 0 saturated heterocycles. The molecule has 0 atom stereocenters. The van der Waals surface area contributed by atoms with Gasteiger partial charge in [-0.2, -0.15) is 0 Å². The number of carbonyl (C=O) groups excluding carboxylic acids is 1. The number of hydrogen-bond donors (Lipinski definition) is 2. The van der Waals surface area contributed by atoms with Crippen molar-refractivity contribution in [2.45, 2.75) is 0 Å². The van der Waals surface area contributed by atoms with Crippen LogP contribution in [0.15, 0.2) is 30.3 Å². The van der Waals surface area contributed by atoms with Gasteiger partial charge in [0.15, 0.2) is 0 Å². The first-order chi connectivity index (χ1) is 8.61. The summed E-state index contributed by atoms with van der Waals surface area (Å²) in [5.41, 5.74) is 7.37. The zero-order valence-electron chi connectivity index (χ0n) is 9.18. The van der Waals surface area contributed by atoms with Gasteiger partial charge in [0.1, 0.15) is 0 Å². The minimum atomic E-state index is -0.325. The summed E-state index contributed by atoms with van der Waals surface area (Å²) in [6.45, 7) is 0. The van der Waals surface area contributed by atoms with Crippen LogP contribution < -0.4 is 15.5 Å². The van der Waals surface area contributed by atoms with E-state index in [-0.39, 0.29) is 11.6 Å². The van der Waals surface area contributed by atoms with E-state index >= 15 is 0 Å². The average molecular weight is 309 g/mol. The molecule has 0 fully saturated rings. The summed E-state index contributed by atoms with van der Waals surface area (Å²) in [5, 5.41) is 2.42. The number of carbonyl (C=O) groups is 1. The van der Waals surface area contributed by atoms with Crippen molar-refractivity contribution in [3.8, 4) is 11.3 Å². The number of pyridine rings is 1. The molecule has 0 aliphatic heterocycles. The van der Waals surface area contributed by atoms with Crippen molar-refractivity contribution in [3.63, 3.8) is 0 Å². The van der Waals surface area contributed by atoms with Crippen molar-refractivity contribution in [3.05, 3.63) is 36.1 Å². The maximum atomic E-state index is 13.0. The molecule has 0 aliphatic carbocycles. The molecule has 1 amide bonds. The van der Waals surface area contributed by atoms with Crippen LogP contribution in [0.4, 0.5) is 15.9 Å². The molecule has 1 heterocycles. The van der Waals surface area contributed by atoms with E-state index in [9.17, 15) is 9.18 Å². The Bertz CT molecular complexity index is 604. The zero-order chi connectivity index (χ0) is 13.1. The second kappa shape index (κ2) is 5.16. The number of anilines is 2. The van der Waals surface area contributed by atoms with Crippen molar-refractivity contribution in [2.24, 2.45) is 0 Å². The van der Waals surface area contributed by atoms with Crippen LogP contribution in [0.3, 0.4) is 0 Å². The summed E-state index contributed by atoms with van der Waals surface area (Å²) in [6, 6.07) is 7.68. The van der Waals surface area contributed by atoms with Crippen LogP contribution in [-0.4, -0.2) is 27.4 Å². The van der Waals surface area contributed by atoms with E-state index in [0.717, 1.165) is 5.56 Å². The van der Waals surface area contributed by atoms with Crippen LogP contribution >= 0.6 is 0 Å². The Morgan fingerprint density at radius 1 is 1.33 bits per heavy atom. The number of halogens is 1. The molecule has 1 radical (unpaired) electrons. The molecule has 4 nitrogen and oxygen atoms in total. The fourth-order valence-corrected chi connectivity index (χ4v) is 2.10. The quantitative estimate of drug-likeness (QED) is 0.652. The van der Waals surface area contributed by atoms with Gasteiger partial charge in [-0.25, -0.2) is 0 Å². The Balaban J connectivity index is 2.50. The summed E-state index contributed by atoms with van der Waals surface area (Å²) in [7, 11) is 0. The van der Waals surface area contributed by atoms with Crippen molar-refractivity contribution in [2.75, 3.05) is 11.1 Å². The zero-order valence-corrected chi connectivity index (χ0v) is 10.9. The molecule has 0 aliphatic rings. The van der Waals surface area contributed by atoms with Gasteiger partial charge in [-0.05, 0) is 0 Å². The molecule has 6 heteroatoms. The molecule has 0 bridgehead atoms. The van der Waals surface area contributed by atoms with Crippen molar-refractivity contribution >= 4 is 38.4 Å². The van der Waals surface area contributed by atoms with Gasteiger partial charge in [0.05, 0.1) is 0 Å². The number of rotatable bonds is 3. The first-order valence-corrected chi connectivity index (χ1v) is 5.91. The Hall–Kier alpha value is -1.91. The Kier molecular flexibility index (Phi) is 3.60. The van der Waals surface area contributed by atoms with Crippen molar-refractivity contribution in [1.29, 1.82) is 0 Å². The van der Waals surface area contributed by atoms with E-state index in [1.54, 1.807) is 18.2 Å². The number of hydrogen-bond acceptors (Lipinski definition) is 3. The van der Waals surface area contributed by atoms with Crippen LogP contribution in [0.25, 0.3) is 11.3 Å². The first kappa shape index (κ1) is 12.5. The van der Waals surface area contributed by atoms with Crippen LogP contribution in [0, 0.1) is 5.82 Å². The predicted octanol–water partition coefficient (Wildman–Crippen LogP) is 0.832. The van der Waals surface area contributed by atoms with E-state index in [4.69, 9.17) is 5.73 Å². The normalized spacial score (nSPS) is 10.1. The molecule has 0 unspecified atom stereocenters. The topological polar surface area (TPSA) is 68.0 Å². The summed E-state index contributed by atoms with van der Waals surface area (Å²) >= 11 is 2.77. The number of nitrogens with zero attached hydrogens (tertiary/aromatic N) is 1. The fourth-order valence-electron chi connectivity index (χ4n) is 1.50. The summed E-state index contributed by atoms with van der Waals surface area (Å²) in [5.74, 6) is -0.0413. The average Bonchev–Trinajstić information content (AvgIpc) is 2.33. The monoisotopic (exact) mass is 310 g/mol. The van der Waals surface area contributed by atoms with Crippen LogP contribution in [0.1, 0.15) is 0 Å². The standard InChI is InChI=1S/C12H9FN3OSe/c13-7-1-2-8(11(18)5-7)10-4-3-9(14)12(16-10)15-6-17/h1-6H,14H2,(H,15,16,17). The van der Waals surface area contributed by atoms with Gasteiger partial charge >= 0.3 is 111 Å². The molecular formula is C12H9FN3OSe. The number of nitrogens with two attached hydrogens (primary N) is 1. The number of nitrogen functional groups attached to an aromatic ring is 1. The number of nitrogens with one attached hydrogen (secondary N) is 1. The molecule has 1 aromatic carbocycles. The third kappa shape index (κ3) is 2.50. The Morgan fingerprint density at radius 2 is 2.11 bits per heavy atom. The third-order valence-electron chi connectivity index (χ3n) is 2.34. The van der Waals surface area contributed by atoms with Crippen LogP contribution in [0.5, 0.6) is 0 Å². The first-order valence-electron chi connectivity index (χ1n) is 5.05. The van der Waals surface area contributed by atoms with Gasteiger partial charge in [0.25, 0.3) is 0 Å². The SMILES string of the molecule is Nc1ccc(-c2ccc(F)cc2[Se])nc1NC=O. The summed E-state index contributed by atoms with van der Waals surface area (Å²) < 4.78 is 13.7. The molecule has 0 saturated carbocycles. The Morgan fingerprint density at radius 3 is 2.78 bits per heavy atom. The molecule has 1 aromatic heterocycles. The molecule has 18 heavy (non-hydrogen) atoms. The molecular weight excluding hydrogens is 300 g/mol. The Labute approximate surface area is 111 Å². The van der Waals surface area contributed by atoms with E-state index in [1.165, 1.54) is 12.1 Å². The maximum absolute atomic E-state index is 13.0. The molecule has 91 valence electrons. The summed E-state index contributed by atoms with van der Waals surface area (Å²) in [6.07, 6.45) is 0.506. The summed E-state index contributed by atoms with van der Waals surface area (Å²) in [4.78, 5) is 14.6. The second-order valence-corrected chi connectivity index (χ2v) is 4.46. The van der Waals surface area contributed by atoms with Gasteiger partial charge in [-0.1, -0.05) is 0 Å². The molecule has 0 spiro atoms. The van der Waals surface area contributed by atoms with Gasteiger partial charge in [0, 0.05) is 0 Å². The third-order valence-corrected chi connectivity index (χ3v) is 3.05. The van der Waals surface area contributed by atoms with Crippen molar-refractivity contribution in [1.82, 2.24) is 4.98 Å². The van der Waals surface area contributed by atoms with Gasteiger partial charge in [0.2, 0.25) is 0 Å². The van der Waals surface area contributed by atoms with Gasteiger partial charge in [-0.15, -0.1) is 0 Å². The van der Waals surface area contributed by atoms with E-state index in [0.29, 0.717) is 22.3 Å². The van der Waals surface area contributed by atoms with Gasteiger partial charge < -0.3 is 0 Å². The number of benzene rings is 1. The fraction of sp³-hybridized carbons (Fsp3) is 0. The second-order valence-electron chi connectivity index (χ2n) is 3.54. The van der Waals surface area contributed by atoms with E-state index < -0.39 is 0 Å². The minimum absolute atomic E-state index is 0.284. The number of amides is 1. The van der Waals surface area contributed by atoms with E-state index in [1.807, 2.05) is 0 Å². The van der Waals surface area contributed by atoms with Crippen LogP contribution in [-0.2, 0) is 4.79 Å². The molecule has 2 aromatic rings. The predicted molar refractivity (Wildman–Crippen MR) is 69.1 cm³/mol. The molecule has 2 rings (SSSR count). The number of aromatic nitrogens is 1.